The molecule has 0 saturated carbocycles. The van der Waals surface area contributed by atoms with E-state index in [4.69, 9.17) is 0 Å². The van der Waals surface area contributed by atoms with Crippen molar-refractivity contribution in [3.05, 3.63) is 0 Å². The molecule has 1 heterocycles. The fraction of sp³-hybridized carbons (Fsp3) is 0.750. The van der Waals surface area contributed by atoms with Gasteiger partial charge in [-0.05, 0) is 12.8 Å². The van der Waals surface area contributed by atoms with Crippen LogP contribution in [0.2, 0.25) is 0 Å². The minimum atomic E-state index is -0.501. The Morgan fingerprint density at radius 3 is 2.61 bits per heavy atom. The summed E-state index contributed by atoms with van der Waals surface area (Å²) in [4.78, 5) is 36.2. The number of carbonyl (C=O) groups is 3. The van der Waals surface area contributed by atoms with Gasteiger partial charge in [-0.1, -0.05) is 13.8 Å². The molecule has 0 spiro atoms. The third kappa shape index (κ3) is 3.45. The molecular weight excluding hydrogens is 236 g/mol. The van der Waals surface area contributed by atoms with Crippen molar-refractivity contribution < 1.29 is 19.1 Å². The van der Waals surface area contributed by atoms with Crippen LogP contribution < -0.4 is 5.32 Å². The summed E-state index contributed by atoms with van der Waals surface area (Å²) in [6.45, 7) is 3.99. The Morgan fingerprint density at radius 1 is 1.39 bits per heavy atom. The topological polar surface area (TPSA) is 75.7 Å². The summed E-state index contributed by atoms with van der Waals surface area (Å²) in [5, 5.41) is 2.55. The van der Waals surface area contributed by atoms with Gasteiger partial charge in [-0.15, -0.1) is 0 Å². The number of nitrogens with one attached hydrogen (secondary N) is 1. The lowest BCUT2D eigenvalue weighted by Crippen LogP contribution is -2.46. The molecule has 0 aromatic heterocycles. The number of carbonyl (C=O) groups excluding carboxylic acids is 3. The molecule has 1 atom stereocenters. The van der Waals surface area contributed by atoms with Gasteiger partial charge in [0.2, 0.25) is 11.8 Å². The average molecular weight is 256 g/mol. The van der Waals surface area contributed by atoms with Crippen molar-refractivity contribution in [2.24, 2.45) is 5.92 Å². The molecule has 1 aliphatic rings. The predicted molar refractivity (Wildman–Crippen MR) is 64.6 cm³/mol. The van der Waals surface area contributed by atoms with Gasteiger partial charge in [0, 0.05) is 12.5 Å². The minimum absolute atomic E-state index is 0.0650. The van der Waals surface area contributed by atoms with Crippen LogP contribution in [0.4, 0.5) is 0 Å². The van der Waals surface area contributed by atoms with E-state index in [1.165, 1.54) is 12.0 Å². The van der Waals surface area contributed by atoms with Crippen molar-refractivity contribution in [1.82, 2.24) is 10.2 Å². The fourth-order valence-electron chi connectivity index (χ4n) is 1.91. The third-order valence-corrected chi connectivity index (χ3v) is 2.98. The first kappa shape index (κ1) is 14.5. The van der Waals surface area contributed by atoms with Crippen LogP contribution in [0.1, 0.15) is 26.7 Å². The number of amides is 2. The van der Waals surface area contributed by atoms with Crippen LogP contribution in [0.25, 0.3) is 0 Å². The Bertz CT molecular complexity index is 341. The van der Waals surface area contributed by atoms with Crippen molar-refractivity contribution >= 4 is 17.8 Å². The van der Waals surface area contributed by atoms with Crippen molar-refractivity contribution in [3.8, 4) is 0 Å². The number of methoxy groups -OCH3 is 1. The van der Waals surface area contributed by atoms with Crippen LogP contribution in [0, 0.1) is 5.92 Å². The molecule has 6 nitrogen and oxygen atoms in total. The normalized spacial score (nSPS) is 18.9. The molecule has 1 aliphatic heterocycles. The number of likely N-dealkylation sites (tertiary alicyclic amines) is 1. The Hall–Kier alpha value is -1.59. The number of hydrogen-bond donors (Lipinski definition) is 1. The van der Waals surface area contributed by atoms with Gasteiger partial charge in [0.15, 0.2) is 0 Å². The largest absolute Gasteiger partial charge is 0.467 e. The molecule has 0 aliphatic carbocycles. The van der Waals surface area contributed by atoms with Gasteiger partial charge >= 0.3 is 5.97 Å². The Balaban J connectivity index is 2.50. The number of nitrogens with zero attached hydrogens (tertiary/aromatic N) is 1. The van der Waals surface area contributed by atoms with Crippen molar-refractivity contribution in [3.63, 3.8) is 0 Å². The van der Waals surface area contributed by atoms with Crippen LogP contribution in [-0.4, -0.2) is 48.9 Å². The van der Waals surface area contributed by atoms with Crippen molar-refractivity contribution in [2.75, 3.05) is 20.2 Å². The highest BCUT2D eigenvalue weighted by Gasteiger charge is 2.34. The van der Waals surface area contributed by atoms with Gasteiger partial charge in [-0.2, -0.15) is 0 Å². The second-order valence-corrected chi connectivity index (χ2v) is 4.64. The predicted octanol–water partition coefficient (Wildman–Crippen LogP) is -0.0774. The van der Waals surface area contributed by atoms with E-state index in [0.29, 0.717) is 13.0 Å². The van der Waals surface area contributed by atoms with Gasteiger partial charge < -0.3 is 15.0 Å². The Labute approximate surface area is 107 Å². The molecule has 18 heavy (non-hydrogen) atoms. The van der Waals surface area contributed by atoms with Gasteiger partial charge in [0.25, 0.3) is 0 Å². The first-order valence-corrected chi connectivity index (χ1v) is 6.12. The van der Waals surface area contributed by atoms with E-state index in [0.717, 1.165) is 6.42 Å². The zero-order valence-electron chi connectivity index (χ0n) is 11.1. The lowest BCUT2D eigenvalue weighted by Gasteiger charge is -2.22. The molecule has 102 valence electrons. The Kier molecular flexibility index (Phi) is 5.12. The van der Waals surface area contributed by atoms with Crippen LogP contribution >= 0.6 is 0 Å². The van der Waals surface area contributed by atoms with Crippen LogP contribution in [-0.2, 0) is 19.1 Å². The molecule has 6 heteroatoms. The van der Waals surface area contributed by atoms with E-state index in [-0.39, 0.29) is 24.3 Å². The maximum atomic E-state index is 11.9. The summed E-state index contributed by atoms with van der Waals surface area (Å²) in [7, 11) is 1.31. The molecule has 0 aromatic carbocycles. The molecular formula is C12H20N2O4. The summed E-state index contributed by atoms with van der Waals surface area (Å²) >= 11 is 0. The quantitative estimate of drug-likeness (QED) is 0.714. The molecule has 1 fully saturated rings. The van der Waals surface area contributed by atoms with Gasteiger partial charge in [-0.3, -0.25) is 9.59 Å². The SMILES string of the molecule is COC(=O)C1CCCN1C(=O)CNC(=O)C(C)C. The first-order valence-electron chi connectivity index (χ1n) is 6.12. The van der Waals surface area contributed by atoms with Crippen LogP contribution in [0.5, 0.6) is 0 Å². The number of rotatable bonds is 4. The highest BCUT2D eigenvalue weighted by Crippen LogP contribution is 2.18. The van der Waals surface area contributed by atoms with Crippen molar-refractivity contribution in [2.45, 2.75) is 32.7 Å². The lowest BCUT2D eigenvalue weighted by molar-refractivity contribution is -0.150. The standard InChI is InChI=1S/C12H20N2O4/c1-8(2)11(16)13-7-10(15)14-6-4-5-9(14)12(17)18-3/h8-9H,4-7H2,1-3H3,(H,13,16). The molecule has 1 N–H and O–H groups in total. The first-order chi connectivity index (χ1) is 8.47. The minimum Gasteiger partial charge on any atom is -0.467 e. The third-order valence-electron chi connectivity index (χ3n) is 2.98. The lowest BCUT2D eigenvalue weighted by atomic mass is 10.2. The summed E-state index contributed by atoms with van der Waals surface area (Å²) in [6, 6.07) is -0.501. The Morgan fingerprint density at radius 2 is 2.06 bits per heavy atom. The van der Waals surface area contributed by atoms with Crippen molar-refractivity contribution in [1.29, 1.82) is 0 Å². The molecule has 0 radical (unpaired) electrons. The average Bonchev–Trinajstić information content (AvgIpc) is 2.83. The number of ether oxygens (including phenoxy) is 1. The zero-order valence-corrected chi connectivity index (χ0v) is 11.1. The van der Waals surface area contributed by atoms with E-state index >= 15 is 0 Å². The summed E-state index contributed by atoms with van der Waals surface area (Å²) in [6.07, 6.45) is 1.40. The second kappa shape index (κ2) is 6.37. The van der Waals surface area contributed by atoms with E-state index in [1.807, 2.05) is 0 Å². The van der Waals surface area contributed by atoms with Crippen LogP contribution in [0.15, 0.2) is 0 Å². The van der Waals surface area contributed by atoms with E-state index in [9.17, 15) is 14.4 Å². The van der Waals surface area contributed by atoms with Gasteiger partial charge in [0.1, 0.15) is 6.04 Å². The van der Waals surface area contributed by atoms with Gasteiger partial charge in [-0.25, -0.2) is 4.79 Å². The maximum absolute atomic E-state index is 11.9. The molecule has 1 saturated heterocycles. The number of esters is 1. The highest BCUT2D eigenvalue weighted by atomic mass is 16.5. The van der Waals surface area contributed by atoms with E-state index < -0.39 is 12.0 Å². The molecule has 1 unspecified atom stereocenters. The smallest absolute Gasteiger partial charge is 0.328 e. The summed E-state index contributed by atoms with van der Waals surface area (Å²) in [5.41, 5.74) is 0. The number of hydrogen-bond acceptors (Lipinski definition) is 4. The second-order valence-electron chi connectivity index (χ2n) is 4.64. The molecule has 2 amide bonds. The maximum Gasteiger partial charge on any atom is 0.328 e. The van der Waals surface area contributed by atoms with Gasteiger partial charge in [0.05, 0.1) is 13.7 Å². The monoisotopic (exact) mass is 256 g/mol. The zero-order chi connectivity index (χ0) is 13.7. The molecule has 0 bridgehead atoms. The molecule has 0 aromatic rings. The van der Waals surface area contributed by atoms with E-state index in [2.05, 4.69) is 10.1 Å². The van der Waals surface area contributed by atoms with Crippen LogP contribution in [0.3, 0.4) is 0 Å². The van der Waals surface area contributed by atoms with E-state index in [1.54, 1.807) is 13.8 Å². The molecule has 1 rings (SSSR count). The fourth-order valence-corrected chi connectivity index (χ4v) is 1.91. The summed E-state index contributed by atoms with van der Waals surface area (Å²) < 4.78 is 4.66. The summed E-state index contributed by atoms with van der Waals surface area (Å²) in [5.74, 6) is -0.960. The highest BCUT2D eigenvalue weighted by molar-refractivity contribution is 5.89.